The van der Waals surface area contributed by atoms with Gasteiger partial charge in [-0.05, 0) is 64.4 Å². The van der Waals surface area contributed by atoms with E-state index in [9.17, 15) is 0 Å². The highest BCUT2D eigenvalue weighted by Crippen LogP contribution is 2.37. The van der Waals surface area contributed by atoms with Gasteiger partial charge in [-0.2, -0.15) is 0 Å². The number of ether oxygens (including phenoxy) is 1. The summed E-state index contributed by atoms with van der Waals surface area (Å²) in [7, 11) is -0.275. The van der Waals surface area contributed by atoms with Crippen molar-refractivity contribution in [1.29, 1.82) is 0 Å². The van der Waals surface area contributed by atoms with Gasteiger partial charge < -0.3 is 14.0 Å². The van der Waals surface area contributed by atoms with Gasteiger partial charge in [-0.1, -0.05) is 23.8 Å². The third-order valence-corrected chi connectivity index (χ3v) is 5.41. The minimum Gasteiger partial charge on any atom is -0.399 e. The number of rotatable bonds is 2. The van der Waals surface area contributed by atoms with Gasteiger partial charge in [0.1, 0.15) is 0 Å². The molecule has 2 aliphatic rings. The molecule has 0 atom stereocenters. The second-order valence-corrected chi connectivity index (χ2v) is 7.61. The Morgan fingerprint density at radius 1 is 1.00 bits per heavy atom. The maximum Gasteiger partial charge on any atom is 0.495 e. The summed E-state index contributed by atoms with van der Waals surface area (Å²) in [6, 6.07) is 6.64. The zero-order chi connectivity index (χ0) is 16.0. The molecule has 1 aromatic rings. The number of aryl methyl sites for hydroxylation is 1. The molecule has 2 heterocycles. The zero-order valence-corrected chi connectivity index (χ0v) is 14.4. The minimum atomic E-state index is -0.296. The van der Waals surface area contributed by atoms with E-state index in [1.165, 1.54) is 16.6 Å². The van der Waals surface area contributed by atoms with Crippen molar-refractivity contribution >= 4 is 12.6 Å². The van der Waals surface area contributed by atoms with E-state index in [4.69, 9.17) is 14.0 Å². The van der Waals surface area contributed by atoms with Crippen molar-refractivity contribution in [1.82, 2.24) is 0 Å². The monoisotopic (exact) mass is 302 g/mol. The molecule has 3 rings (SSSR count). The summed E-state index contributed by atoms with van der Waals surface area (Å²) < 4.78 is 18.1. The smallest absolute Gasteiger partial charge is 0.399 e. The predicted octanol–water partition coefficient (Wildman–Crippen LogP) is 3.19. The average molecular weight is 302 g/mol. The van der Waals surface area contributed by atoms with Gasteiger partial charge in [-0.3, -0.25) is 0 Å². The summed E-state index contributed by atoms with van der Waals surface area (Å²) in [5, 5.41) is 0. The Morgan fingerprint density at radius 2 is 1.59 bits per heavy atom. The molecule has 0 unspecified atom stereocenters. The highest BCUT2D eigenvalue weighted by Gasteiger charge is 2.52. The summed E-state index contributed by atoms with van der Waals surface area (Å²) >= 11 is 0. The largest absolute Gasteiger partial charge is 0.495 e. The second kappa shape index (κ2) is 5.66. The third kappa shape index (κ3) is 2.84. The summed E-state index contributed by atoms with van der Waals surface area (Å²) in [6.07, 6.45) is 2.16. The van der Waals surface area contributed by atoms with E-state index in [0.717, 1.165) is 26.1 Å². The van der Waals surface area contributed by atoms with Crippen LogP contribution in [0.2, 0.25) is 0 Å². The lowest BCUT2D eigenvalue weighted by molar-refractivity contribution is 0.00578. The van der Waals surface area contributed by atoms with E-state index in [0.29, 0.717) is 5.92 Å². The molecule has 0 bridgehead atoms. The van der Waals surface area contributed by atoms with E-state index in [1.54, 1.807) is 0 Å². The summed E-state index contributed by atoms with van der Waals surface area (Å²) in [4.78, 5) is 0. The van der Waals surface area contributed by atoms with Crippen LogP contribution in [0.1, 0.15) is 57.6 Å². The zero-order valence-electron chi connectivity index (χ0n) is 14.4. The minimum absolute atomic E-state index is 0.275. The molecule has 22 heavy (non-hydrogen) atoms. The molecule has 2 saturated heterocycles. The first-order chi connectivity index (χ1) is 10.3. The average Bonchev–Trinajstić information content (AvgIpc) is 2.68. The molecule has 3 nitrogen and oxygen atoms in total. The number of benzene rings is 1. The van der Waals surface area contributed by atoms with E-state index in [2.05, 4.69) is 52.8 Å². The molecule has 0 amide bonds. The van der Waals surface area contributed by atoms with Crippen LogP contribution in [-0.4, -0.2) is 31.5 Å². The molecule has 0 spiro atoms. The van der Waals surface area contributed by atoms with Gasteiger partial charge in [-0.15, -0.1) is 0 Å². The molecule has 2 fully saturated rings. The van der Waals surface area contributed by atoms with Crippen LogP contribution in [0.25, 0.3) is 0 Å². The number of hydrogen-bond donors (Lipinski definition) is 0. The van der Waals surface area contributed by atoms with Crippen LogP contribution < -0.4 is 5.46 Å². The van der Waals surface area contributed by atoms with Crippen LogP contribution in [0.3, 0.4) is 0 Å². The molecule has 1 aromatic carbocycles. The van der Waals surface area contributed by atoms with Crippen molar-refractivity contribution < 1.29 is 14.0 Å². The Kier molecular flexibility index (Phi) is 4.13. The van der Waals surface area contributed by atoms with Crippen LogP contribution in [0.5, 0.6) is 0 Å². The molecule has 2 aliphatic heterocycles. The maximum absolute atomic E-state index is 6.27. The van der Waals surface area contributed by atoms with Gasteiger partial charge in [0.05, 0.1) is 11.2 Å². The van der Waals surface area contributed by atoms with E-state index in [1.807, 2.05) is 0 Å². The first kappa shape index (κ1) is 16.0. The van der Waals surface area contributed by atoms with Crippen LogP contribution in [-0.2, 0) is 14.0 Å². The third-order valence-electron chi connectivity index (χ3n) is 5.41. The summed E-state index contributed by atoms with van der Waals surface area (Å²) in [5.74, 6) is 0.544. The number of hydrogen-bond acceptors (Lipinski definition) is 3. The van der Waals surface area contributed by atoms with Crippen molar-refractivity contribution in [2.75, 3.05) is 13.2 Å². The highest BCUT2D eigenvalue weighted by atomic mass is 16.7. The Balaban J connectivity index is 1.94. The molecule has 0 aromatic heterocycles. The molecule has 120 valence electrons. The van der Waals surface area contributed by atoms with E-state index in [-0.39, 0.29) is 18.3 Å². The van der Waals surface area contributed by atoms with Gasteiger partial charge in [0.15, 0.2) is 0 Å². The lowest BCUT2D eigenvalue weighted by Crippen LogP contribution is -2.41. The van der Waals surface area contributed by atoms with Crippen LogP contribution in [0.15, 0.2) is 18.2 Å². The quantitative estimate of drug-likeness (QED) is 0.785. The Labute approximate surface area is 134 Å². The molecule has 0 N–H and O–H groups in total. The molecule has 4 heteroatoms. The normalized spacial score (nSPS) is 24.7. The van der Waals surface area contributed by atoms with Gasteiger partial charge in [0.2, 0.25) is 0 Å². The fraction of sp³-hybridized carbons (Fsp3) is 0.667. The topological polar surface area (TPSA) is 27.7 Å². The van der Waals surface area contributed by atoms with Crippen LogP contribution in [0.4, 0.5) is 0 Å². The molecule has 0 saturated carbocycles. The van der Waals surface area contributed by atoms with Crippen LogP contribution >= 0.6 is 0 Å². The summed E-state index contributed by atoms with van der Waals surface area (Å²) in [6.45, 7) is 12.3. The maximum atomic E-state index is 6.27. The van der Waals surface area contributed by atoms with Gasteiger partial charge >= 0.3 is 7.12 Å². The van der Waals surface area contributed by atoms with Crippen molar-refractivity contribution in [3.05, 3.63) is 29.3 Å². The molecular formula is C18H27BO3. The van der Waals surface area contributed by atoms with Gasteiger partial charge in [0.25, 0.3) is 0 Å². The Hall–Kier alpha value is -0.835. The van der Waals surface area contributed by atoms with Crippen molar-refractivity contribution in [2.45, 2.75) is 64.6 Å². The lowest BCUT2D eigenvalue weighted by Gasteiger charge is -2.32. The van der Waals surface area contributed by atoms with E-state index >= 15 is 0 Å². The van der Waals surface area contributed by atoms with Crippen molar-refractivity contribution in [3.63, 3.8) is 0 Å². The SMILES string of the molecule is Cc1ccc(B2OC(C)(C)C(C)(C)O2)c(C2CCOCC2)c1. The second-order valence-electron chi connectivity index (χ2n) is 7.61. The highest BCUT2D eigenvalue weighted by molar-refractivity contribution is 6.62. The summed E-state index contributed by atoms with van der Waals surface area (Å²) in [5.41, 5.74) is 3.27. The Bertz CT molecular complexity index is 531. The lowest BCUT2D eigenvalue weighted by atomic mass is 9.71. The fourth-order valence-electron chi connectivity index (χ4n) is 3.24. The van der Waals surface area contributed by atoms with Crippen molar-refractivity contribution in [2.24, 2.45) is 0 Å². The first-order valence-corrected chi connectivity index (χ1v) is 8.34. The van der Waals surface area contributed by atoms with Crippen LogP contribution in [0, 0.1) is 6.92 Å². The van der Waals surface area contributed by atoms with Gasteiger partial charge in [-0.25, -0.2) is 0 Å². The van der Waals surface area contributed by atoms with Gasteiger partial charge in [0, 0.05) is 13.2 Å². The molecule has 0 aliphatic carbocycles. The predicted molar refractivity (Wildman–Crippen MR) is 89.7 cm³/mol. The van der Waals surface area contributed by atoms with Crippen molar-refractivity contribution in [3.8, 4) is 0 Å². The van der Waals surface area contributed by atoms with E-state index < -0.39 is 0 Å². The standard InChI is InChI=1S/C18H27BO3/c1-13-6-7-16(15(12-13)14-8-10-20-11-9-14)19-21-17(2,3)18(4,5)22-19/h6-7,12,14H,8-11H2,1-5H3. The molecular weight excluding hydrogens is 275 g/mol. The first-order valence-electron chi connectivity index (χ1n) is 8.34. The molecule has 0 radical (unpaired) electrons. The Morgan fingerprint density at radius 3 is 2.18 bits per heavy atom. The fourth-order valence-corrected chi connectivity index (χ4v) is 3.24.